The number of hydrogen-bond acceptors (Lipinski definition) is 5. The molecule has 1 heterocycles. The third kappa shape index (κ3) is 4.19. The van der Waals surface area contributed by atoms with Crippen molar-refractivity contribution in [3.63, 3.8) is 0 Å². The van der Waals surface area contributed by atoms with Crippen LogP contribution in [-0.4, -0.2) is 47.2 Å². The van der Waals surface area contributed by atoms with E-state index in [0.717, 1.165) is 18.1 Å². The third-order valence-electron chi connectivity index (χ3n) is 1.94. The largest absolute Gasteiger partial charge is 0.385 e. The van der Waals surface area contributed by atoms with Crippen molar-refractivity contribution in [2.24, 2.45) is 0 Å². The Bertz CT molecular complexity index is 329. The van der Waals surface area contributed by atoms with Crippen LogP contribution in [0.25, 0.3) is 0 Å². The van der Waals surface area contributed by atoms with E-state index in [1.165, 1.54) is 11.8 Å². The standard InChI is InChI=1S/C9H16N4O2S/c1-10-8(14)6-16-9-12-11-7-13(9)4-3-5-15-2/h7H,3-6H2,1-2H3,(H,10,14). The van der Waals surface area contributed by atoms with Gasteiger partial charge in [0.2, 0.25) is 5.91 Å². The van der Waals surface area contributed by atoms with Gasteiger partial charge in [-0.2, -0.15) is 0 Å². The highest BCUT2D eigenvalue weighted by Crippen LogP contribution is 2.14. The molecule has 16 heavy (non-hydrogen) atoms. The number of nitrogens with zero attached hydrogens (tertiary/aromatic N) is 3. The number of nitrogens with one attached hydrogen (secondary N) is 1. The fourth-order valence-corrected chi connectivity index (χ4v) is 1.90. The van der Waals surface area contributed by atoms with Gasteiger partial charge in [0.1, 0.15) is 6.33 Å². The van der Waals surface area contributed by atoms with E-state index in [1.807, 2.05) is 4.57 Å². The van der Waals surface area contributed by atoms with Crippen molar-refractivity contribution in [2.45, 2.75) is 18.1 Å². The molecule has 0 spiro atoms. The van der Waals surface area contributed by atoms with Crippen LogP contribution >= 0.6 is 11.8 Å². The fourth-order valence-electron chi connectivity index (χ4n) is 1.09. The van der Waals surface area contributed by atoms with Crippen molar-refractivity contribution in [1.29, 1.82) is 0 Å². The average Bonchev–Trinajstić information content (AvgIpc) is 2.74. The van der Waals surface area contributed by atoms with E-state index in [2.05, 4.69) is 15.5 Å². The molecular formula is C9H16N4O2S. The SMILES string of the molecule is CNC(=O)CSc1nncn1CCCOC. The second kappa shape index (κ2) is 7.24. The molecular weight excluding hydrogens is 228 g/mol. The van der Waals surface area contributed by atoms with Crippen molar-refractivity contribution < 1.29 is 9.53 Å². The zero-order valence-electron chi connectivity index (χ0n) is 9.47. The number of aromatic nitrogens is 3. The molecule has 0 aliphatic carbocycles. The molecule has 0 bridgehead atoms. The minimum absolute atomic E-state index is 0.0172. The number of thioether (sulfide) groups is 1. The first-order chi connectivity index (χ1) is 7.77. The Morgan fingerprint density at radius 3 is 3.19 bits per heavy atom. The van der Waals surface area contributed by atoms with E-state index >= 15 is 0 Å². The first kappa shape index (κ1) is 13.0. The number of carbonyl (C=O) groups excluding carboxylic acids is 1. The molecule has 0 aliphatic heterocycles. The number of rotatable bonds is 7. The molecule has 0 saturated heterocycles. The third-order valence-corrected chi connectivity index (χ3v) is 2.92. The number of ether oxygens (including phenoxy) is 1. The maximum absolute atomic E-state index is 11.1. The molecule has 0 atom stereocenters. The molecule has 0 unspecified atom stereocenters. The first-order valence-electron chi connectivity index (χ1n) is 4.98. The predicted octanol–water partition coefficient (Wildman–Crippen LogP) is 0.153. The van der Waals surface area contributed by atoms with Crippen molar-refractivity contribution >= 4 is 17.7 Å². The van der Waals surface area contributed by atoms with Crippen molar-refractivity contribution in [3.05, 3.63) is 6.33 Å². The van der Waals surface area contributed by atoms with Crippen LogP contribution in [0.3, 0.4) is 0 Å². The maximum Gasteiger partial charge on any atom is 0.230 e. The van der Waals surface area contributed by atoms with Gasteiger partial charge in [0.15, 0.2) is 5.16 Å². The molecule has 90 valence electrons. The van der Waals surface area contributed by atoms with Crippen molar-refractivity contribution in [2.75, 3.05) is 26.5 Å². The van der Waals surface area contributed by atoms with Gasteiger partial charge in [0.05, 0.1) is 5.75 Å². The number of aryl methyl sites for hydroxylation is 1. The Morgan fingerprint density at radius 2 is 2.50 bits per heavy atom. The number of amides is 1. The molecule has 0 aromatic carbocycles. The molecule has 1 amide bonds. The topological polar surface area (TPSA) is 69.0 Å². The molecule has 1 rings (SSSR count). The molecule has 1 aromatic heterocycles. The Kier molecular flexibility index (Phi) is 5.87. The van der Waals surface area contributed by atoms with Crippen LogP contribution in [0.5, 0.6) is 0 Å². The summed E-state index contributed by atoms with van der Waals surface area (Å²) in [6, 6.07) is 0. The lowest BCUT2D eigenvalue weighted by Gasteiger charge is -2.05. The summed E-state index contributed by atoms with van der Waals surface area (Å²) in [5.41, 5.74) is 0. The molecule has 0 aliphatic rings. The van der Waals surface area contributed by atoms with Crippen molar-refractivity contribution in [3.8, 4) is 0 Å². The summed E-state index contributed by atoms with van der Waals surface area (Å²) in [4.78, 5) is 11.1. The van der Waals surface area contributed by atoms with Gasteiger partial charge < -0.3 is 14.6 Å². The lowest BCUT2D eigenvalue weighted by molar-refractivity contribution is -0.118. The predicted molar refractivity (Wildman–Crippen MR) is 61.3 cm³/mol. The van der Waals surface area contributed by atoms with Crippen molar-refractivity contribution in [1.82, 2.24) is 20.1 Å². The van der Waals surface area contributed by atoms with E-state index in [-0.39, 0.29) is 5.91 Å². The fraction of sp³-hybridized carbons (Fsp3) is 0.667. The van der Waals surface area contributed by atoms with Crippen LogP contribution in [0, 0.1) is 0 Å². The quantitative estimate of drug-likeness (QED) is 0.546. The van der Waals surface area contributed by atoms with Crippen LogP contribution in [-0.2, 0) is 16.1 Å². The smallest absolute Gasteiger partial charge is 0.230 e. The zero-order valence-corrected chi connectivity index (χ0v) is 10.3. The Labute approximate surface area is 98.8 Å². The lowest BCUT2D eigenvalue weighted by Crippen LogP contribution is -2.20. The van der Waals surface area contributed by atoms with Gasteiger partial charge in [0.25, 0.3) is 0 Å². The first-order valence-corrected chi connectivity index (χ1v) is 5.96. The van der Waals surface area contributed by atoms with E-state index in [4.69, 9.17) is 4.74 Å². The van der Waals surface area contributed by atoms with Gasteiger partial charge >= 0.3 is 0 Å². The van der Waals surface area contributed by atoms with Gasteiger partial charge in [-0.05, 0) is 6.42 Å². The Hall–Kier alpha value is -1.08. The molecule has 1 aromatic rings. The summed E-state index contributed by atoms with van der Waals surface area (Å²) < 4.78 is 6.89. The Balaban J connectivity index is 2.40. The summed E-state index contributed by atoms with van der Waals surface area (Å²) in [6.45, 7) is 1.51. The molecule has 7 heteroatoms. The second-order valence-corrected chi connectivity index (χ2v) is 4.06. The maximum atomic E-state index is 11.1. The monoisotopic (exact) mass is 244 g/mol. The number of methoxy groups -OCH3 is 1. The van der Waals surface area contributed by atoms with E-state index in [9.17, 15) is 4.79 Å². The van der Waals surface area contributed by atoms with Crippen LogP contribution in [0.15, 0.2) is 11.5 Å². The van der Waals surface area contributed by atoms with E-state index in [1.54, 1.807) is 20.5 Å². The van der Waals surface area contributed by atoms with Crippen LogP contribution in [0.2, 0.25) is 0 Å². The second-order valence-electron chi connectivity index (χ2n) is 3.12. The molecule has 0 fully saturated rings. The van der Waals surface area contributed by atoms with Crippen LogP contribution < -0.4 is 5.32 Å². The Morgan fingerprint density at radius 1 is 1.69 bits per heavy atom. The average molecular weight is 244 g/mol. The highest BCUT2D eigenvalue weighted by atomic mass is 32.2. The van der Waals surface area contributed by atoms with Gasteiger partial charge in [-0.15, -0.1) is 10.2 Å². The molecule has 6 nitrogen and oxygen atoms in total. The summed E-state index contributed by atoms with van der Waals surface area (Å²) >= 11 is 1.38. The molecule has 0 radical (unpaired) electrons. The normalized spacial score (nSPS) is 10.4. The summed E-state index contributed by atoms with van der Waals surface area (Å²) in [7, 11) is 3.29. The lowest BCUT2D eigenvalue weighted by atomic mass is 10.4. The summed E-state index contributed by atoms with van der Waals surface area (Å²) in [5, 5.41) is 11.1. The van der Waals surface area contributed by atoms with Gasteiger partial charge in [-0.25, -0.2) is 0 Å². The number of carbonyl (C=O) groups is 1. The molecule has 0 saturated carbocycles. The molecule has 1 N–H and O–H groups in total. The summed E-state index contributed by atoms with van der Waals surface area (Å²) in [5.74, 6) is 0.343. The zero-order chi connectivity index (χ0) is 11.8. The van der Waals surface area contributed by atoms with Gasteiger partial charge in [0, 0.05) is 27.3 Å². The van der Waals surface area contributed by atoms with E-state index in [0.29, 0.717) is 12.4 Å². The van der Waals surface area contributed by atoms with Gasteiger partial charge in [-0.3, -0.25) is 4.79 Å². The summed E-state index contributed by atoms with van der Waals surface area (Å²) in [6.07, 6.45) is 2.57. The van der Waals surface area contributed by atoms with Crippen LogP contribution in [0.4, 0.5) is 0 Å². The van der Waals surface area contributed by atoms with E-state index < -0.39 is 0 Å². The van der Waals surface area contributed by atoms with Gasteiger partial charge in [-0.1, -0.05) is 11.8 Å². The number of hydrogen-bond donors (Lipinski definition) is 1. The minimum Gasteiger partial charge on any atom is -0.385 e. The van der Waals surface area contributed by atoms with Crippen LogP contribution in [0.1, 0.15) is 6.42 Å². The highest BCUT2D eigenvalue weighted by molar-refractivity contribution is 7.99. The minimum atomic E-state index is -0.0172. The highest BCUT2D eigenvalue weighted by Gasteiger charge is 2.07.